The van der Waals surface area contributed by atoms with Gasteiger partial charge in [-0.15, -0.1) is 0 Å². The van der Waals surface area contributed by atoms with E-state index in [-0.39, 0.29) is 11.3 Å². The number of carbonyl (C=O) groups excluding carboxylic acids is 2. The van der Waals surface area contributed by atoms with E-state index < -0.39 is 18.5 Å². The molecule has 0 saturated heterocycles. The Morgan fingerprint density at radius 1 is 0.978 bits per heavy atom. The van der Waals surface area contributed by atoms with Gasteiger partial charge in [0.25, 0.3) is 5.91 Å². The minimum absolute atomic E-state index is 0.0692. The number of hydrogen-bond donors (Lipinski definition) is 1. The van der Waals surface area contributed by atoms with E-state index >= 15 is 0 Å². The molecule has 0 bridgehead atoms. The first-order valence-electron chi connectivity index (χ1n) is 15.1. The molecule has 1 amide bonds. The van der Waals surface area contributed by atoms with Crippen LogP contribution >= 0.6 is 15.9 Å². The third kappa shape index (κ3) is 6.89. The second-order valence-electron chi connectivity index (χ2n) is 12.5. The number of rotatable bonds is 8. The molecular formula is C37H39BrN2O6. The van der Waals surface area contributed by atoms with E-state index in [0.29, 0.717) is 45.8 Å². The third-order valence-corrected chi connectivity index (χ3v) is 9.06. The van der Waals surface area contributed by atoms with Crippen molar-refractivity contribution in [3.05, 3.63) is 87.0 Å². The highest BCUT2D eigenvalue weighted by molar-refractivity contribution is 9.10. The molecule has 9 heteroatoms. The van der Waals surface area contributed by atoms with E-state index in [0.717, 1.165) is 38.9 Å². The maximum Gasteiger partial charge on any atom is 0.339 e. The molecule has 1 aliphatic carbocycles. The van der Waals surface area contributed by atoms with Crippen LogP contribution in [0.25, 0.3) is 22.6 Å². The predicted octanol–water partition coefficient (Wildman–Crippen LogP) is 8.28. The molecular weight excluding hydrogens is 648 g/mol. The van der Waals surface area contributed by atoms with Gasteiger partial charge in [0, 0.05) is 9.86 Å². The number of aryl methyl sites for hydroxylation is 1. The van der Waals surface area contributed by atoms with E-state index in [9.17, 15) is 9.59 Å². The number of ether oxygens (including phenoxy) is 4. The second-order valence-corrected chi connectivity index (χ2v) is 13.4. The fourth-order valence-electron chi connectivity index (χ4n) is 5.87. The van der Waals surface area contributed by atoms with Gasteiger partial charge in [-0.25, -0.2) is 9.78 Å². The van der Waals surface area contributed by atoms with Gasteiger partial charge in [0.15, 0.2) is 18.1 Å². The van der Waals surface area contributed by atoms with Crippen molar-refractivity contribution >= 4 is 56.0 Å². The summed E-state index contributed by atoms with van der Waals surface area (Å²) in [6.07, 6.45) is 3.46. The molecule has 0 radical (unpaired) electrons. The highest BCUT2D eigenvalue weighted by Gasteiger charge is 2.35. The van der Waals surface area contributed by atoms with Crippen molar-refractivity contribution in [3.8, 4) is 17.2 Å². The molecule has 1 N–H and O–H groups in total. The lowest BCUT2D eigenvalue weighted by molar-refractivity contribution is -0.119. The van der Waals surface area contributed by atoms with Crippen LogP contribution in [0.1, 0.15) is 59.9 Å². The van der Waals surface area contributed by atoms with E-state index in [1.165, 1.54) is 0 Å². The number of benzene rings is 3. The molecule has 0 saturated carbocycles. The summed E-state index contributed by atoms with van der Waals surface area (Å²) < 4.78 is 23.2. The molecule has 1 heterocycles. The first-order chi connectivity index (χ1) is 21.9. The molecule has 1 aromatic heterocycles. The van der Waals surface area contributed by atoms with Crippen LogP contribution in [0.15, 0.2) is 59.1 Å². The lowest BCUT2D eigenvalue weighted by atomic mass is 9.69. The molecule has 0 fully saturated rings. The zero-order chi connectivity index (χ0) is 33.2. The average Bonchev–Trinajstić information content (AvgIpc) is 3.02. The SMILES string of the molecule is COc1cc(/C=C2/CC(C(C)(C)C)Cc3c2nc2ccccc2c3C(=O)OCC(=O)Nc2ccc(C)cc2Br)cc(OC)c1OC. The quantitative estimate of drug-likeness (QED) is 0.186. The highest BCUT2D eigenvalue weighted by Crippen LogP contribution is 2.46. The van der Waals surface area contributed by atoms with Gasteiger partial charge in [0.1, 0.15) is 0 Å². The first kappa shape index (κ1) is 33.0. The van der Waals surface area contributed by atoms with Gasteiger partial charge in [-0.1, -0.05) is 45.0 Å². The van der Waals surface area contributed by atoms with Crippen molar-refractivity contribution in [1.29, 1.82) is 0 Å². The number of esters is 1. The summed E-state index contributed by atoms with van der Waals surface area (Å²) in [6.45, 7) is 8.16. The Balaban J connectivity index is 1.58. The summed E-state index contributed by atoms with van der Waals surface area (Å²) in [7, 11) is 4.75. The molecule has 240 valence electrons. The number of nitrogens with zero attached hydrogens (tertiary/aromatic N) is 1. The monoisotopic (exact) mass is 686 g/mol. The molecule has 3 aromatic carbocycles. The summed E-state index contributed by atoms with van der Waals surface area (Å²) in [6, 6.07) is 17.0. The number of fused-ring (bicyclic) bond motifs is 2. The molecule has 8 nitrogen and oxygen atoms in total. The summed E-state index contributed by atoms with van der Waals surface area (Å²) in [5.41, 5.74) is 6.09. The zero-order valence-corrected chi connectivity index (χ0v) is 28.8. The van der Waals surface area contributed by atoms with Crippen LogP contribution in [0.4, 0.5) is 5.69 Å². The molecule has 46 heavy (non-hydrogen) atoms. The normalized spacial score (nSPS) is 15.3. The fourth-order valence-corrected chi connectivity index (χ4v) is 6.46. The molecule has 1 atom stereocenters. The van der Waals surface area contributed by atoms with Crippen molar-refractivity contribution < 1.29 is 28.5 Å². The Hall–Kier alpha value is -4.37. The Bertz CT molecular complexity index is 1820. The predicted molar refractivity (Wildman–Crippen MR) is 185 cm³/mol. The van der Waals surface area contributed by atoms with Gasteiger partial charge in [0.2, 0.25) is 5.75 Å². The van der Waals surface area contributed by atoms with Gasteiger partial charge in [-0.2, -0.15) is 0 Å². The first-order valence-corrected chi connectivity index (χ1v) is 15.9. The standard InChI is InChI=1S/C37H39BrN2O6/c1-21-12-13-29(27(38)14-21)39-32(41)20-46-36(42)33-25-10-8-9-11-28(25)40-34-23(18-24(19-26(33)34)37(2,3)4)15-22-16-30(43-5)35(45-7)31(17-22)44-6/h8-17,24H,18-20H2,1-7H3,(H,39,41)/b23-15-. The molecule has 1 aliphatic rings. The average molecular weight is 688 g/mol. The third-order valence-electron chi connectivity index (χ3n) is 8.40. The Kier molecular flexibility index (Phi) is 9.72. The van der Waals surface area contributed by atoms with E-state index in [2.05, 4.69) is 48.1 Å². The molecule has 1 unspecified atom stereocenters. The van der Waals surface area contributed by atoms with Gasteiger partial charge in [-0.3, -0.25) is 4.79 Å². The van der Waals surface area contributed by atoms with E-state index in [1.54, 1.807) is 27.4 Å². The largest absolute Gasteiger partial charge is 0.493 e. The lowest BCUT2D eigenvalue weighted by Gasteiger charge is -2.36. The van der Waals surface area contributed by atoms with Crippen molar-refractivity contribution in [2.45, 2.75) is 40.5 Å². The maximum atomic E-state index is 14.0. The highest BCUT2D eigenvalue weighted by atomic mass is 79.9. The number of anilines is 1. The number of amides is 1. The Labute approximate surface area is 278 Å². The minimum atomic E-state index is -0.560. The van der Waals surface area contributed by atoms with Gasteiger partial charge in [-0.05, 0) is 106 Å². The summed E-state index contributed by atoms with van der Waals surface area (Å²) in [5.74, 6) is 0.810. The number of halogens is 1. The van der Waals surface area contributed by atoms with Crippen LogP contribution in [-0.4, -0.2) is 44.8 Å². The molecule has 0 spiro atoms. The number of methoxy groups -OCH3 is 3. The minimum Gasteiger partial charge on any atom is -0.493 e. The Morgan fingerprint density at radius 3 is 2.30 bits per heavy atom. The number of carbonyl (C=O) groups is 2. The van der Waals surface area contributed by atoms with Crippen molar-refractivity contribution in [3.63, 3.8) is 0 Å². The smallest absolute Gasteiger partial charge is 0.339 e. The fraction of sp³-hybridized carbons (Fsp3) is 0.324. The number of allylic oxidation sites excluding steroid dienone is 1. The van der Waals surface area contributed by atoms with Crippen LogP contribution in [0, 0.1) is 18.3 Å². The molecule has 4 aromatic rings. The molecule has 0 aliphatic heterocycles. The Morgan fingerprint density at radius 2 is 1.67 bits per heavy atom. The van der Waals surface area contributed by atoms with Crippen molar-refractivity contribution in [2.24, 2.45) is 11.3 Å². The van der Waals surface area contributed by atoms with Crippen LogP contribution in [0.5, 0.6) is 17.2 Å². The number of para-hydroxylation sites is 1. The van der Waals surface area contributed by atoms with Crippen LogP contribution in [-0.2, 0) is 16.0 Å². The summed E-state index contributed by atoms with van der Waals surface area (Å²) in [4.78, 5) is 31.9. The van der Waals surface area contributed by atoms with Crippen LogP contribution < -0.4 is 19.5 Å². The molecule has 5 rings (SSSR count). The summed E-state index contributed by atoms with van der Waals surface area (Å²) >= 11 is 3.48. The zero-order valence-electron chi connectivity index (χ0n) is 27.2. The summed E-state index contributed by atoms with van der Waals surface area (Å²) in [5, 5.41) is 3.51. The van der Waals surface area contributed by atoms with Gasteiger partial charge in [0.05, 0.1) is 43.8 Å². The lowest BCUT2D eigenvalue weighted by Crippen LogP contribution is -2.29. The van der Waals surface area contributed by atoms with E-state index in [1.807, 2.05) is 55.5 Å². The van der Waals surface area contributed by atoms with Gasteiger partial charge < -0.3 is 24.3 Å². The van der Waals surface area contributed by atoms with Crippen LogP contribution in [0.3, 0.4) is 0 Å². The van der Waals surface area contributed by atoms with Gasteiger partial charge >= 0.3 is 5.97 Å². The maximum absolute atomic E-state index is 14.0. The van der Waals surface area contributed by atoms with E-state index in [4.69, 9.17) is 23.9 Å². The number of aromatic nitrogens is 1. The van der Waals surface area contributed by atoms with Crippen molar-refractivity contribution in [2.75, 3.05) is 33.3 Å². The second kappa shape index (κ2) is 13.5. The number of hydrogen-bond acceptors (Lipinski definition) is 7. The van der Waals surface area contributed by atoms with Crippen LogP contribution in [0.2, 0.25) is 0 Å². The number of pyridine rings is 1. The number of nitrogens with one attached hydrogen (secondary N) is 1. The van der Waals surface area contributed by atoms with Crippen molar-refractivity contribution in [1.82, 2.24) is 4.98 Å². The topological polar surface area (TPSA) is 96.0 Å².